The zero-order chi connectivity index (χ0) is 37.7. The Hall–Kier alpha value is -4.76. The molecule has 0 spiro atoms. The first-order valence-electron chi connectivity index (χ1n) is 17.4. The van der Waals surface area contributed by atoms with Gasteiger partial charge in [-0.05, 0) is 95.2 Å². The standard InChI is InChI=1S/C41H47BrN6O4/c1-9-39(42)44-26(2)19-32(22-43)41(50)48-14-13-34-30(11-10-12-33(34)29(48)5)23-46-15-17-47(18-16-46)25-36-37(51-7)20-31(21-38(36)52-8)35-24-45(6)40(49)28(4)27(35)3/h9-12,19-21,24,29H,1-2,13-18,23,25H2,3-8H3/b32-19+,44-39?. The number of rotatable bonds is 11. The summed E-state index contributed by atoms with van der Waals surface area (Å²) in [6, 6.07) is 12.3. The van der Waals surface area contributed by atoms with E-state index in [0.29, 0.717) is 23.4 Å². The van der Waals surface area contributed by atoms with Crippen LogP contribution in [0.4, 0.5) is 0 Å². The molecule has 2 aromatic carbocycles. The molecule has 1 amide bonds. The van der Waals surface area contributed by atoms with Crippen LogP contribution in [-0.4, -0.2) is 76.7 Å². The van der Waals surface area contributed by atoms with Crippen molar-refractivity contribution < 1.29 is 14.3 Å². The molecular weight excluding hydrogens is 720 g/mol. The summed E-state index contributed by atoms with van der Waals surface area (Å²) in [5.74, 6) is 1.20. The van der Waals surface area contributed by atoms with Gasteiger partial charge in [0.25, 0.3) is 11.5 Å². The van der Waals surface area contributed by atoms with Crippen LogP contribution in [0.15, 0.2) is 82.9 Å². The number of ether oxygens (including phenoxy) is 2. The maximum atomic E-state index is 13.5. The highest BCUT2D eigenvalue weighted by molar-refractivity contribution is 9.18. The predicted octanol–water partition coefficient (Wildman–Crippen LogP) is 6.39. The fourth-order valence-electron chi connectivity index (χ4n) is 7.18. The van der Waals surface area contributed by atoms with E-state index in [4.69, 9.17) is 9.47 Å². The van der Waals surface area contributed by atoms with Gasteiger partial charge in [0.2, 0.25) is 0 Å². The Morgan fingerprint density at radius 3 is 2.29 bits per heavy atom. The number of carbonyl (C=O) groups is 1. The highest BCUT2D eigenvalue weighted by Crippen LogP contribution is 2.38. The molecule has 0 N–H and O–H groups in total. The van der Waals surface area contributed by atoms with Crippen LogP contribution in [0, 0.1) is 25.2 Å². The average Bonchev–Trinajstić information content (AvgIpc) is 3.15. The number of aromatic nitrogens is 1. The molecule has 1 atom stereocenters. The van der Waals surface area contributed by atoms with Crippen molar-refractivity contribution in [2.75, 3.05) is 46.9 Å². The molecule has 1 unspecified atom stereocenters. The van der Waals surface area contributed by atoms with Crippen LogP contribution < -0.4 is 15.0 Å². The van der Waals surface area contributed by atoms with Crippen molar-refractivity contribution in [3.63, 3.8) is 0 Å². The van der Waals surface area contributed by atoms with Crippen LogP contribution >= 0.6 is 15.9 Å². The topological polar surface area (TPSA) is 103 Å². The lowest BCUT2D eigenvalue weighted by Gasteiger charge is -2.38. The number of fused-ring (bicyclic) bond motifs is 1. The van der Waals surface area contributed by atoms with E-state index in [2.05, 4.69) is 62.1 Å². The van der Waals surface area contributed by atoms with Gasteiger partial charge >= 0.3 is 0 Å². The molecule has 10 nitrogen and oxygen atoms in total. The number of aliphatic imine (C=N–C) groups is 1. The lowest BCUT2D eigenvalue weighted by atomic mass is 9.89. The summed E-state index contributed by atoms with van der Waals surface area (Å²) in [5, 5.41) is 9.80. The predicted molar refractivity (Wildman–Crippen MR) is 210 cm³/mol. The van der Waals surface area contributed by atoms with Crippen LogP contribution in [0.5, 0.6) is 11.5 Å². The third-order valence-electron chi connectivity index (χ3n) is 10.3. The zero-order valence-corrected chi connectivity index (χ0v) is 32.5. The van der Waals surface area contributed by atoms with E-state index in [1.54, 1.807) is 30.7 Å². The maximum Gasteiger partial charge on any atom is 0.265 e. The molecule has 0 bridgehead atoms. The van der Waals surface area contributed by atoms with Gasteiger partial charge in [0.05, 0.1) is 31.5 Å². The second-order valence-corrected chi connectivity index (χ2v) is 14.1. The molecule has 52 heavy (non-hydrogen) atoms. The van der Waals surface area contributed by atoms with Crippen molar-refractivity contribution in [1.29, 1.82) is 5.26 Å². The number of hydrogen-bond donors (Lipinski definition) is 0. The van der Waals surface area contributed by atoms with Gasteiger partial charge in [-0.1, -0.05) is 31.4 Å². The molecule has 1 fully saturated rings. The number of methoxy groups -OCH3 is 2. The summed E-state index contributed by atoms with van der Waals surface area (Å²) in [6.45, 7) is 19.0. The molecule has 0 aliphatic carbocycles. The first kappa shape index (κ1) is 38.5. The van der Waals surface area contributed by atoms with E-state index in [9.17, 15) is 14.9 Å². The van der Waals surface area contributed by atoms with Gasteiger partial charge < -0.3 is 18.9 Å². The number of pyridine rings is 1. The molecule has 0 saturated carbocycles. The molecule has 1 saturated heterocycles. The fourth-order valence-corrected chi connectivity index (χ4v) is 7.41. The Kier molecular flexibility index (Phi) is 12.4. The highest BCUT2D eigenvalue weighted by atomic mass is 79.9. The molecule has 3 aromatic rings. The number of halogens is 1. The van der Waals surface area contributed by atoms with Crippen LogP contribution in [0.1, 0.15) is 46.3 Å². The maximum absolute atomic E-state index is 13.5. The first-order valence-corrected chi connectivity index (χ1v) is 18.2. The minimum atomic E-state index is -0.326. The number of aryl methyl sites for hydroxylation is 1. The number of benzene rings is 2. The third-order valence-corrected chi connectivity index (χ3v) is 10.8. The lowest BCUT2D eigenvalue weighted by molar-refractivity contribution is -0.129. The van der Waals surface area contributed by atoms with Gasteiger partial charge in [0.1, 0.15) is 27.8 Å². The fraction of sp³-hybridized carbons (Fsp3) is 0.366. The van der Waals surface area contributed by atoms with Crippen LogP contribution in [-0.2, 0) is 31.4 Å². The molecule has 5 rings (SSSR count). The molecule has 2 aliphatic rings. The van der Waals surface area contributed by atoms with E-state index in [1.165, 1.54) is 23.3 Å². The highest BCUT2D eigenvalue weighted by Gasteiger charge is 2.31. The van der Waals surface area contributed by atoms with Crippen molar-refractivity contribution >= 4 is 26.5 Å². The Morgan fingerprint density at radius 1 is 1.06 bits per heavy atom. The zero-order valence-electron chi connectivity index (χ0n) is 31.0. The second kappa shape index (κ2) is 16.7. The number of carbonyl (C=O) groups excluding carboxylic acids is 1. The van der Waals surface area contributed by atoms with Crippen molar-refractivity contribution in [1.82, 2.24) is 19.3 Å². The number of nitrogens with zero attached hydrogens (tertiary/aromatic N) is 6. The summed E-state index contributed by atoms with van der Waals surface area (Å²) in [7, 11) is 5.15. The minimum absolute atomic E-state index is 0.00223. The van der Waals surface area contributed by atoms with Gasteiger partial charge in [-0.15, -0.1) is 0 Å². The van der Waals surface area contributed by atoms with Gasteiger partial charge in [-0.25, -0.2) is 4.99 Å². The van der Waals surface area contributed by atoms with Crippen molar-refractivity contribution in [2.24, 2.45) is 12.0 Å². The number of nitriles is 1. The largest absolute Gasteiger partial charge is 0.496 e. The summed E-state index contributed by atoms with van der Waals surface area (Å²) < 4.78 is 13.9. The molecule has 3 heterocycles. The van der Waals surface area contributed by atoms with E-state index < -0.39 is 0 Å². The quantitative estimate of drug-likeness (QED) is 0.0965. The first-order chi connectivity index (χ1) is 24.9. The molecule has 1 aromatic heterocycles. The summed E-state index contributed by atoms with van der Waals surface area (Å²) in [6.07, 6.45) is 5.53. The monoisotopic (exact) mass is 766 g/mol. The van der Waals surface area contributed by atoms with Gasteiger partial charge in [-0.2, -0.15) is 5.26 Å². The Balaban J connectivity index is 1.26. The Bertz CT molecular complexity index is 2030. The molecule has 2 aliphatic heterocycles. The van der Waals surface area contributed by atoms with Crippen LogP contribution in [0.2, 0.25) is 0 Å². The van der Waals surface area contributed by atoms with E-state index in [1.807, 2.05) is 45.2 Å². The van der Waals surface area contributed by atoms with E-state index in [-0.39, 0.29) is 23.1 Å². The average molecular weight is 768 g/mol. The smallest absolute Gasteiger partial charge is 0.265 e. The van der Waals surface area contributed by atoms with Crippen molar-refractivity contribution in [3.8, 4) is 28.7 Å². The minimum Gasteiger partial charge on any atom is -0.496 e. The number of hydrogen-bond acceptors (Lipinski definition) is 8. The Morgan fingerprint density at radius 2 is 1.69 bits per heavy atom. The normalized spacial score (nSPS) is 17.0. The number of piperazine rings is 1. The van der Waals surface area contributed by atoms with Crippen molar-refractivity contribution in [3.05, 3.63) is 117 Å². The van der Waals surface area contributed by atoms with Gasteiger partial charge in [0, 0.05) is 70.2 Å². The molecular formula is C41H47BrN6O4. The summed E-state index contributed by atoms with van der Waals surface area (Å²) in [4.78, 5) is 36.9. The van der Waals surface area contributed by atoms with E-state index in [0.717, 1.165) is 84.0 Å². The van der Waals surface area contributed by atoms with Crippen LogP contribution in [0.3, 0.4) is 0 Å². The van der Waals surface area contributed by atoms with Gasteiger partial charge in [-0.3, -0.25) is 19.4 Å². The van der Waals surface area contributed by atoms with Crippen LogP contribution in [0.25, 0.3) is 11.1 Å². The second-order valence-electron chi connectivity index (χ2n) is 13.3. The third kappa shape index (κ3) is 8.15. The number of amides is 1. The molecule has 0 radical (unpaired) electrons. The molecule has 272 valence electrons. The van der Waals surface area contributed by atoms with Crippen molar-refractivity contribution in [2.45, 2.75) is 46.3 Å². The summed E-state index contributed by atoms with van der Waals surface area (Å²) >= 11 is 3.26. The number of allylic oxidation sites excluding steroid dienone is 2. The SMILES string of the molecule is C=CC(Br)=NC(=C)/C=C(\C#N)C(=O)N1CCc2c(CN3CCN(Cc4c(OC)cc(-c5cn(C)c(=O)c(C)c5C)cc4OC)CC3)cccc2C1C. The molecule has 11 heteroatoms. The lowest BCUT2D eigenvalue weighted by Crippen LogP contribution is -2.45. The summed E-state index contributed by atoms with van der Waals surface area (Å²) in [5.41, 5.74) is 8.58. The van der Waals surface area contributed by atoms with E-state index >= 15 is 0 Å². The Labute approximate surface area is 315 Å². The van der Waals surface area contributed by atoms with Gasteiger partial charge in [0.15, 0.2) is 0 Å².